The number of aromatic nitrogens is 4. The molecule has 50 heavy (non-hydrogen) atoms. The smallest absolute Gasteiger partial charge is 0.116 e. The van der Waals surface area contributed by atoms with Gasteiger partial charge in [-0.25, -0.2) is 9.97 Å². The highest BCUT2D eigenvalue weighted by molar-refractivity contribution is 7.19. The molecule has 0 bridgehead atoms. The van der Waals surface area contributed by atoms with Gasteiger partial charge in [0.2, 0.25) is 0 Å². The number of rotatable bonds is 7. The number of thiophene rings is 1. The van der Waals surface area contributed by atoms with Crippen molar-refractivity contribution >= 4 is 62.2 Å². The summed E-state index contributed by atoms with van der Waals surface area (Å²) in [5, 5.41) is 0. The molecule has 3 heterocycles. The van der Waals surface area contributed by atoms with Crippen molar-refractivity contribution in [3.63, 3.8) is 0 Å². The molecule has 0 fully saturated rings. The van der Waals surface area contributed by atoms with E-state index in [4.69, 9.17) is 18.7 Å². The summed E-state index contributed by atoms with van der Waals surface area (Å²) in [4.78, 5) is 15.3. The minimum Gasteiger partial charge on any atom is -0.311 e. The van der Waals surface area contributed by atoms with Gasteiger partial charge in [0.05, 0.1) is 28.6 Å². The highest BCUT2D eigenvalue weighted by Crippen LogP contribution is 2.44. The lowest BCUT2D eigenvalue weighted by Gasteiger charge is -2.25. The maximum Gasteiger partial charge on any atom is 0.116 e. The number of anilines is 3. The van der Waals surface area contributed by atoms with Crippen LogP contribution in [0, 0.1) is 6.92 Å². The quantitative estimate of drug-likeness (QED) is 0.168. The van der Waals surface area contributed by atoms with Crippen molar-refractivity contribution in [3.05, 3.63) is 163 Å². The Bertz CT molecular complexity index is 2540. The zero-order chi connectivity index (χ0) is 33.4. The maximum absolute atomic E-state index is 5.43. The van der Waals surface area contributed by atoms with Gasteiger partial charge in [-0.05, 0) is 61.0 Å². The van der Waals surface area contributed by atoms with Gasteiger partial charge in [-0.1, -0.05) is 109 Å². The molecule has 0 saturated heterocycles. The van der Waals surface area contributed by atoms with Crippen LogP contribution in [0.1, 0.15) is 5.56 Å². The number of benzene rings is 6. The molecule has 9 rings (SSSR count). The Labute approximate surface area is 298 Å². The third-order valence-corrected chi connectivity index (χ3v) is 10.6. The summed E-state index contributed by atoms with van der Waals surface area (Å²) in [5.74, 6) is 0. The lowest BCUT2D eigenvalue weighted by Crippen LogP contribution is -2.09. The molecule has 238 valence electrons. The van der Waals surface area contributed by atoms with Crippen LogP contribution in [0.5, 0.6) is 0 Å². The second kappa shape index (κ2) is 12.8. The number of fused-ring (bicyclic) bond motifs is 2. The Hall–Kier alpha value is -6.02. The average Bonchev–Trinajstić information content (AvgIpc) is 3.88. The SMILES string of the molecule is Cc1c2nsnc2c(-c2ccc(-c3ccc(N(c4ccccc4)c4ccccc4)cc3)s2)c2nc(-c3ccccc3)c(-c3ccccc3)nc12. The number of hydrogen-bond donors (Lipinski definition) is 0. The number of hydrogen-bond acceptors (Lipinski definition) is 7. The van der Waals surface area contributed by atoms with E-state index in [2.05, 4.69) is 121 Å². The molecule has 0 saturated carbocycles. The van der Waals surface area contributed by atoms with Crippen LogP contribution in [0.15, 0.2) is 158 Å². The molecule has 0 aliphatic heterocycles. The van der Waals surface area contributed by atoms with Crippen molar-refractivity contribution in [1.29, 1.82) is 0 Å². The molecular weight excluding hydrogens is 651 g/mol. The Kier molecular flexibility index (Phi) is 7.69. The molecule has 0 N–H and O–H groups in total. The van der Waals surface area contributed by atoms with Crippen LogP contribution in [-0.4, -0.2) is 18.7 Å². The molecule has 3 aromatic heterocycles. The third-order valence-electron chi connectivity index (χ3n) is 8.95. The summed E-state index contributed by atoms with van der Waals surface area (Å²) >= 11 is 2.98. The van der Waals surface area contributed by atoms with Gasteiger partial charge in [-0.15, -0.1) is 11.3 Å². The predicted octanol–water partition coefficient (Wildman–Crippen LogP) is 12.1. The van der Waals surface area contributed by atoms with Gasteiger partial charge in [0.25, 0.3) is 0 Å². The van der Waals surface area contributed by atoms with Crippen LogP contribution < -0.4 is 4.90 Å². The predicted molar refractivity (Wildman–Crippen MR) is 210 cm³/mol. The summed E-state index contributed by atoms with van der Waals surface area (Å²) in [6.07, 6.45) is 0. The zero-order valence-corrected chi connectivity index (χ0v) is 28.7. The third kappa shape index (κ3) is 5.33. The highest BCUT2D eigenvalue weighted by Gasteiger charge is 2.23. The van der Waals surface area contributed by atoms with Crippen molar-refractivity contribution in [1.82, 2.24) is 18.7 Å². The van der Waals surface area contributed by atoms with Crippen molar-refractivity contribution < 1.29 is 0 Å². The second-order valence-electron chi connectivity index (χ2n) is 12.0. The Morgan fingerprint density at radius 1 is 0.420 bits per heavy atom. The summed E-state index contributed by atoms with van der Waals surface area (Å²) in [6, 6.07) is 54.8. The normalized spacial score (nSPS) is 11.3. The molecule has 9 aromatic rings. The van der Waals surface area contributed by atoms with Gasteiger partial charge in [-0.2, -0.15) is 8.75 Å². The number of para-hydroxylation sites is 2. The summed E-state index contributed by atoms with van der Waals surface area (Å²) in [7, 11) is 0. The highest BCUT2D eigenvalue weighted by atomic mass is 32.1. The van der Waals surface area contributed by atoms with Gasteiger partial charge < -0.3 is 4.90 Å². The summed E-state index contributed by atoms with van der Waals surface area (Å²) < 4.78 is 9.56. The molecule has 6 aromatic carbocycles. The van der Waals surface area contributed by atoms with Gasteiger partial charge in [0.15, 0.2) is 0 Å². The fourth-order valence-electron chi connectivity index (χ4n) is 6.53. The average molecular weight is 680 g/mol. The van der Waals surface area contributed by atoms with Gasteiger partial charge in [0.1, 0.15) is 16.6 Å². The van der Waals surface area contributed by atoms with E-state index >= 15 is 0 Å². The van der Waals surface area contributed by atoms with Crippen LogP contribution >= 0.6 is 23.1 Å². The van der Waals surface area contributed by atoms with E-state index < -0.39 is 0 Å². The minimum atomic E-state index is 0.839. The van der Waals surface area contributed by atoms with E-state index in [-0.39, 0.29) is 0 Å². The number of nitrogens with zero attached hydrogens (tertiary/aromatic N) is 5. The maximum atomic E-state index is 5.43. The molecule has 0 aliphatic rings. The first-order valence-electron chi connectivity index (χ1n) is 16.4. The van der Waals surface area contributed by atoms with Crippen LogP contribution in [0.25, 0.3) is 65.5 Å². The lowest BCUT2D eigenvalue weighted by molar-refractivity contribution is 1.28. The second-order valence-corrected chi connectivity index (χ2v) is 13.6. The summed E-state index contributed by atoms with van der Waals surface area (Å²) in [5.41, 5.74) is 13.6. The van der Waals surface area contributed by atoms with Crippen LogP contribution in [0.4, 0.5) is 17.1 Å². The molecule has 0 amide bonds. The van der Waals surface area contributed by atoms with Crippen LogP contribution in [0.3, 0.4) is 0 Å². The van der Waals surface area contributed by atoms with Gasteiger partial charge >= 0.3 is 0 Å². The Balaban J connectivity index is 1.17. The van der Waals surface area contributed by atoms with E-state index in [1.54, 1.807) is 11.3 Å². The van der Waals surface area contributed by atoms with Crippen molar-refractivity contribution in [2.45, 2.75) is 6.92 Å². The van der Waals surface area contributed by atoms with E-state index in [1.807, 2.05) is 48.5 Å². The lowest BCUT2D eigenvalue weighted by atomic mass is 10.00. The van der Waals surface area contributed by atoms with Crippen LogP contribution in [0.2, 0.25) is 0 Å². The standard InChI is InChI=1S/C43H29N5S2/c1-28-38-42(45-41(31-16-8-3-9-17-31)40(44-38)30-14-6-2-7-15-30)37(43-39(28)46-50-47-43)36-27-26-35(49-36)29-22-24-34(25-23-29)48(32-18-10-4-11-19-32)33-20-12-5-13-21-33/h2-27H,1H3. The topological polar surface area (TPSA) is 54.8 Å². The van der Waals surface area contributed by atoms with Gasteiger partial charge in [0, 0.05) is 49.1 Å². The van der Waals surface area contributed by atoms with Gasteiger partial charge in [-0.3, -0.25) is 0 Å². The fraction of sp³-hybridized carbons (Fsp3) is 0.0233. The summed E-state index contributed by atoms with van der Waals surface area (Å²) in [6.45, 7) is 2.08. The van der Waals surface area contributed by atoms with Crippen LogP contribution in [-0.2, 0) is 0 Å². The first kappa shape index (κ1) is 30.1. The number of aryl methyl sites for hydroxylation is 1. The Morgan fingerprint density at radius 2 is 0.900 bits per heavy atom. The van der Waals surface area contributed by atoms with Crippen molar-refractivity contribution in [2.24, 2.45) is 0 Å². The monoisotopic (exact) mass is 679 g/mol. The first-order chi connectivity index (χ1) is 24.7. The molecular formula is C43H29N5S2. The zero-order valence-electron chi connectivity index (χ0n) is 27.1. The molecule has 7 heteroatoms. The first-order valence-corrected chi connectivity index (χ1v) is 18.0. The van der Waals surface area contributed by atoms with E-state index in [9.17, 15) is 0 Å². The minimum absolute atomic E-state index is 0.839. The Morgan fingerprint density at radius 3 is 1.48 bits per heavy atom. The molecule has 0 radical (unpaired) electrons. The van der Waals surface area contributed by atoms with E-state index in [0.717, 1.165) is 83.2 Å². The molecule has 5 nitrogen and oxygen atoms in total. The largest absolute Gasteiger partial charge is 0.311 e. The molecule has 0 unspecified atom stereocenters. The van der Waals surface area contributed by atoms with Crippen molar-refractivity contribution in [2.75, 3.05) is 4.90 Å². The molecule has 0 aliphatic carbocycles. The van der Waals surface area contributed by atoms with E-state index in [1.165, 1.54) is 16.6 Å². The van der Waals surface area contributed by atoms with E-state index in [0.29, 0.717) is 0 Å². The fourth-order valence-corrected chi connectivity index (χ4v) is 8.19. The molecule has 0 spiro atoms. The van der Waals surface area contributed by atoms with Crippen molar-refractivity contribution in [3.8, 4) is 43.4 Å². The molecule has 0 atom stereocenters.